The molecule has 0 amide bonds. The number of methoxy groups -OCH3 is 1. The van der Waals surface area contributed by atoms with Gasteiger partial charge in [-0.15, -0.1) is 0 Å². The summed E-state index contributed by atoms with van der Waals surface area (Å²) in [5.74, 6) is -0.245. The van der Waals surface area contributed by atoms with Gasteiger partial charge in [0.2, 0.25) is 0 Å². The van der Waals surface area contributed by atoms with Crippen LogP contribution in [0.2, 0.25) is 0 Å². The van der Waals surface area contributed by atoms with Crippen LogP contribution in [0.1, 0.15) is 29.6 Å². The molecule has 1 aliphatic rings. The lowest BCUT2D eigenvalue weighted by Crippen LogP contribution is -2.48. The van der Waals surface area contributed by atoms with Crippen LogP contribution < -0.4 is 10.1 Å². The molecule has 1 fully saturated rings. The summed E-state index contributed by atoms with van der Waals surface area (Å²) in [4.78, 5) is 10.7. The summed E-state index contributed by atoms with van der Waals surface area (Å²) in [6, 6.07) is 6.43. The molecular weight excluding hydrogens is 258 g/mol. The fourth-order valence-corrected chi connectivity index (χ4v) is 2.28. The maximum Gasteiger partial charge on any atom is 0.335 e. The Balaban J connectivity index is 1.64. The van der Waals surface area contributed by atoms with Gasteiger partial charge in [0.15, 0.2) is 0 Å². The first kappa shape index (κ1) is 14.8. The minimum absolute atomic E-state index is 0.0309. The molecule has 0 saturated heterocycles. The van der Waals surface area contributed by atoms with E-state index in [1.54, 1.807) is 31.4 Å². The van der Waals surface area contributed by atoms with Crippen molar-refractivity contribution in [3.8, 4) is 5.75 Å². The summed E-state index contributed by atoms with van der Waals surface area (Å²) in [5.41, 5.74) is 0.297. The van der Waals surface area contributed by atoms with Gasteiger partial charge in [-0.2, -0.15) is 0 Å². The van der Waals surface area contributed by atoms with Crippen molar-refractivity contribution >= 4 is 5.97 Å². The van der Waals surface area contributed by atoms with Gasteiger partial charge in [0.05, 0.1) is 11.2 Å². The van der Waals surface area contributed by atoms with Crippen molar-refractivity contribution in [3.63, 3.8) is 0 Å². The van der Waals surface area contributed by atoms with Crippen LogP contribution >= 0.6 is 0 Å². The maximum absolute atomic E-state index is 10.7. The average Bonchev–Trinajstić information content (AvgIpc) is 2.41. The van der Waals surface area contributed by atoms with Crippen molar-refractivity contribution in [1.82, 2.24) is 5.32 Å². The van der Waals surface area contributed by atoms with Crippen LogP contribution in [0.25, 0.3) is 0 Å². The van der Waals surface area contributed by atoms with Crippen molar-refractivity contribution < 1.29 is 19.4 Å². The number of carboxylic acid groups (broad SMARTS) is 1. The van der Waals surface area contributed by atoms with Crippen LogP contribution in [0.3, 0.4) is 0 Å². The first-order valence-electron chi connectivity index (χ1n) is 6.87. The fourth-order valence-electron chi connectivity index (χ4n) is 2.28. The second-order valence-corrected chi connectivity index (χ2v) is 5.10. The molecule has 0 heterocycles. The van der Waals surface area contributed by atoms with Gasteiger partial charge < -0.3 is 19.9 Å². The van der Waals surface area contributed by atoms with Crippen molar-refractivity contribution in [1.29, 1.82) is 0 Å². The Kier molecular flexibility index (Phi) is 4.98. The molecule has 0 atom stereocenters. The van der Waals surface area contributed by atoms with Gasteiger partial charge in [0, 0.05) is 20.2 Å². The minimum atomic E-state index is -0.927. The zero-order chi connectivity index (χ0) is 14.4. The Morgan fingerprint density at radius 3 is 2.55 bits per heavy atom. The second-order valence-electron chi connectivity index (χ2n) is 5.10. The lowest BCUT2D eigenvalue weighted by Gasteiger charge is -2.40. The van der Waals surface area contributed by atoms with E-state index in [-0.39, 0.29) is 11.2 Å². The molecule has 0 radical (unpaired) electrons. The van der Waals surface area contributed by atoms with Crippen LogP contribution in [-0.2, 0) is 4.74 Å². The number of hydrogen-bond donors (Lipinski definition) is 2. The van der Waals surface area contributed by atoms with Crippen molar-refractivity contribution in [3.05, 3.63) is 29.8 Å². The Morgan fingerprint density at radius 1 is 1.35 bits per heavy atom. The number of carbonyl (C=O) groups is 1. The van der Waals surface area contributed by atoms with E-state index in [4.69, 9.17) is 14.6 Å². The highest BCUT2D eigenvalue weighted by molar-refractivity contribution is 5.87. The van der Waals surface area contributed by atoms with E-state index in [1.807, 2.05) is 0 Å². The highest BCUT2D eigenvalue weighted by atomic mass is 16.5. The van der Waals surface area contributed by atoms with Gasteiger partial charge in [0.25, 0.3) is 0 Å². The highest BCUT2D eigenvalue weighted by Gasteiger charge is 2.36. The lowest BCUT2D eigenvalue weighted by molar-refractivity contribution is -0.0694. The van der Waals surface area contributed by atoms with Crippen LogP contribution in [0.15, 0.2) is 24.3 Å². The van der Waals surface area contributed by atoms with Crippen molar-refractivity contribution in [2.45, 2.75) is 24.9 Å². The molecule has 0 unspecified atom stereocenters. The first-order valence-corrected chi connectivity index (χ1v) is 6.87. The summed E-state index contributed by atoms with van der Waals surface area (Å²) >= 11 is 0. The topological polar surface area (TPSA) is 67.8 Å². The Bertz CT molecular complexity index is 434. The van der Waals surface area contributed by atoms with Gasteiger partial charge >= 0.3 is 5.97 Å². The number of aromatic carboxylic acids is 1. The number of carboxylic acids is 1. The van der Waals surface area contributed by atoms with Crippen LogP contribution in [0.5, 0.6) is 5.75 Å². The molecule has 20 heavy (non-hydrogen) atoms. The average molecular weight is 279 g/mol. The molecule has 1 aliphatic carbocycles. The third-order valence-electron chi connectivity index (χ3n) is 3.79. The van der Waals surface area contributed by atoms with Crippen molar-refractivity contribution in [2.24, 2.45) is 0 Å². The standard InChI is InChI=1S/C15H21NO4/c1-19-15(7-2-8-15)11-16-9-10-20-13-5-3-12(4-6-13)14(17)18/h3-6,16H,2,7-11H2,1H3,(H,17,18). The van der Waals surface area contributed by atoms with Crippen molar-refractivity contribution in [2.75, 3.05) is 26.8 Å². The third kappa shape index (κ3) is 3.71. The fraction of sp³-hybridized carbons (Fsp3) is 0.533. The molecule has 1 aromatic carbocycles. The van der Waals surface area contributed by atoms with Gasteiger partial charge in [-0.05, 0) is 43.5 Å². The maximum atomic E-state index is 10.7. The Morgan fingerprint density at radius 2 is 2.05 bits per heavy atom. The minimum Gasteiger partial charge on any atom is -0.492 e. The highest BCUT2D eigenvalue weighted by Crippen LogP contribution is 2.34. The van der Waals surface area contributed by atoms with Crippen LogP contribution in [-0.4, -0.2) is 43.5 Å². The van der Waals surface area contributed by atoms with E-state index in [9.17, 15) is 4.79 Å². The zero-order valence-electron chi connectivity index (χ0n) is 11.7. The molecule has 5 nitrogen and oxygen atoms in total. The zero-order valence-corrected chi connectivity index (χ0v) is 11.7. The smallest absolute Gasteiger partial charge is 0.335 e. The molecule has 0 bridgehead atoms. The predicted molar refractivity (Wildman–Crippen MR) is 75.4 cm³/mol. The van der Waals surface area contributed by atoms with Crippen LogP contribution in [0.4, 0.5) is 0 Å². The molecular formula is C15H21NO4. The summed E-state index contributed by atoms with van der Waals surface area (Å²) in [7, 11) is 1.77. The molecule has 0 aliphatic heterocycles. The third-order valence-corrected chi connectivity index (χ3v) is 3.79. The first-order chi connectivity index (χ1) is 9.65. The number of ether oxygens (including phenoxy) is 2. The molecule has 5 heteroatoms. The number of hydrogen-bond acceptors (Lipinski definition) is 4. The van der Waals surface area contributed by atoms with Gasteiger partial charge in [0.1, 0.15) is 12.4 Å². The summed E-state index contributed by atoms with van der Waals surface area (Å²) in [6.07, 6.45) is 3.48. The van der Waals surface area contributed by atoms with E-state index in [0.29, 0.717) is 12.4 Å². The SMILES string of the molecule is COC1(CNCCOc2ccc(C(=O)O)cc2)CCC1. The summed E-state index contributed by atoms with van der Waals surface area (Å²) < 4.78 is 11.1. The van der Waals surface area contributed by atoms with E-state index < -0.39 is 5.97 Å². The van der Waals surface area contributed by atoms with E-state index in [0.717, 1.165) is 25.9 Å². The van der Waals surface area contributed by atoms with Gasteiger partial charge in [-0.3, -0.25) is 0 Å². The number of nitrogens with one attached hydrogen (secondary N) is 1. The molecule has 0 aromatic heterocycles. The van der Waals surface area contributed by atoms with E-state index >= 15 is 0 Å². The largest absolute Gasteiger partial charge is 0.492 e. The monoisotopic (exact) mass is 279 g/mol. The summed E-state index contributed by atoms with van der Waals surface area (Å²) in [5, 5.41) is 12.1. The Hall–Kier alpha value is -1.59. The van der Waals surface area contributed by atoms with Crippen LogP contribution in [0, 0.1) is 0 Å². The number of rotatable bonds is 8. The van der Waals surface area contributed by atoms with Gasteiger partial charge in [-0.25, -0.2) is 4.79 Å². The number of benzene rings is 1. The molecule has 2 N–H and O–H groups in total. The van der Waals surface area contributed by atoms with E-state index in [2.05, 4.69) is 5.32 Å². The molecule has 1 aromatic rings. The quantitative estimate of drug-likeness (QED) is 0.712. The van der Waals surface area contributed by atoms with E-state index in [1.165, 1.54) is 6.42 Å². The molecule has 0 spiro atoms. The Labute approximate surface area is 118 Å². The lowest BCUT2D eigenvalue weighted by atomic mass is 9.80. The van der Waals surface area contributed by atoms with Gasteiger partial charge in [-0.1, -0.05) is 0 Å². The summed E-state index contributed by atoms with van der Waals surface area (Å²) in [6.45, 7) is 2.14. The molecule has 1 saturated carbocycles. The predicted octanol–water partition coefficient (Wildman–Crippen LogP) is 1.92. The molecule has 110 valence electrons. The normalized spacial score (nSPS) is 16.4. The molecule has 2 rings (SSSR count). The second kappa shape index (κ2) is 6.72.